The first-order valence-corrected chi connectivity index (χ1v) is 8.47. The molecular weight excluding hydrogens is 316 g/mol. The molecule has 1 fully saturated rings. The molecule has 2 N–H and O–H groups in total. The van der Waals surface area contributed by atoms with Crippen molar-refractivity contribution in [2.45, 2.75) is 19.8 Å². The lowest BCUT2D eigenvalue weighted by Gasteiger charge is -2.21. The van der Waals surface area contributed by atoms with Crippen LogP contribution in [-0.4, -0.2) is 43.2 Å². The van der Waals surface area contributed by atoms with Crippen LogP contribution in [0.2, 0.25) is 0 Å². The molecule has 0 bridgehead atoms. The highest BCUT2D eigenvalue weighted by molar-refractivity contribution is 6.01. The molecule has 2 aromatic rings. The summed E-state index contributed by atoms with van der Waals surface area (Å²) in [5.41, 5.74) is 2.37. The first-order chi connectivity index (χ1) is 12.0. The first-order valence-electron chi connectivity index (χ1n) is 8.47. The fourth-order valence-electron chi connectivity index (χ4n) is 2.85. The molecule has 2 heterocycles. The van der Waals surface area contributed by atoms with E-state index in [1.807, 2.05) is 50.2 Å². The fourth-order valence-corrected chi connectivity index (χ4v) is 2.85. The van der Waals surface area contributed by atoms with E-state index in [4.69, 9.17) is 0 Å². The number of nitrogens with zero attached hydrogens (tertiary/aromatic N) is 4. The van der Waals surface area contributed by atoms with Crippen LogP contribution in [0.15, 0.2) is 30.5 Å². The zero-order valence-electron chi connectivity index (χ0n) is 14.9. The van der Waals surface area contributed by atoms with Crippen molar-refractivity contribution in [3.05, 3.63) is 36.0 Å². The third kappa shape index (κ3) is 3.99. The van der Waals surface area contributed by atoms with Crippen LogP contribution in [0.3, 0.4) is 0 Å². The van der Waals surface area contributed by atoms with Gasteiger partial charge in [-0.05, 0) is 31.4 Å². The molecule has 132 valence electrons. The molecule has 3 rings (SSSR count). The van der Waals surface area contributed by atoms with E-state index in [2.05, 4.69) is 25.5 Å². The molecule has 1 saturated heterocycles. The monoisotopic (exact) mass is 340 g/mol. The summed E-state index contributed by atoms with van der Waals surface area (Å²) in [6.07, 6.45) is 4.01. The Hall–Kier alpha value is -2.83. The van der Waals surface area contributed by atoms with Crippen molar-refractivity contribution >= 4 is 29.2 Å². The zero-order valence-corrected chi connectivity index (χ0v) is 14.9. The molecule has 2 amide bonds. The molecule has 7 nitrogen and oxygen atoms in total. The summed E-state index contributed by atoms with van der Waals surface area (Å²) in [5, 5.41) is 5.71. The second kappa shape index (κ2) is 7.38. The van der Waals surface area contributed by atoms with Gasteiger partial charge in [-0.2, -0.15) is 4.98 Å². The fraction of sp³-hybridized carbons (Fsp3) is 0.389. The van der Waals surface area contributed by atoms with E-state index >= 15 is 0 Å². The number of hydrogen-bond donors (Lipinski definition) is 2. The highest BCUT2D eigenvalue weighted by Gasteiger charge is 2.18. The maximum atomic E-state index is 12.3. The molecule has 1 aromatic carbocycles. The van der Waals surface area contributed by atoms with Crippen LogP contribution in [0.25, 0.3) is 0 Å². The van der Waals surface area contributed by atoms with Crippen molar-refractivity contribution < 1.29 is 4.79 Å². The van der Waals surface area contributed by atoms with E-state index in [1.165, 1.54) is 12.8 Å². The number of carbonyl (C=O) groups is 1. The topological polar surface area (TPSA) is 73.4 Å². The van der Waals surface area contributed by atoms with Crippen LogP contribution >= 0.6 is 0 Å². The average Bonchev–Trinajstić information content (AvgIpc) is 3.11. The number of aryl methyl sites for hydroxylation is 1. The smallest absolute Gasteiger partial charge is 0.323 e. The molecule has 0 spiro atoms. The second-order valence-corrected chi connectivity index (χ2v) is 6.39. The van der Waals surface area contributed by atoms with Crippen molar-refractivity contribution in [2.24, 2.45) is 0 Å². The number of nitrogens with one attached hydrogen (secondary N) is 2. The number of urea groups is 1. The number of anilines is 4. The Morgan fingerprint density at radius 2 is 1.80 bits per heavy atom. The van der Waals surface area contributed by atoms with Gasteiger partial charge >= 0.3 is 6.03 Å². The summed E-state index contributed by atoms with van der Waals surface area (Å²) in [6, 6.07) is 7.34. The van der Waals surface area contributed by atoms with Gasteiger partial charge in [-0.3, -0.25) is 0 Å². The maximum absolute atomic E-state index is 12.3. The van der Waals surface area contributed by atoms with Gasteiger partial charge in [0, 0.05) is 32.9 Å². The van der Waals surface area contributed by atoms with Crippen LogP contribution in [0, 0.1) is 6.92 Å². The molecule has 0 aliphatic carbocycles. The van der Waals surface area contributed by atoms with Crippen LogP contribution in [0.5, 0.6) is 0 Å². The Morgan fingerprint density at radius 1 is 1.12 bits per heavy atom. The molecule has 1 aliphatic heterocycles. The van der Waals surface area contributed by atoms with E-state index in [1.54, 1.807) is 6.20 Å². The largest absolute Gasteiger partial charge is 0.361 e. The Balaban J connectivity index is 1.76. The number of rotatable bonds is 4. The summed E-state index contributed by atoms with van der Waals surface area (Å²) in [7, 11) is 3.81. The molecule has 0 radical (unpaired) electrons. The lowest BCUT2D eigenvalue weighted by atomic mass is 10.2. The van der Waals surface area contributed by atoms with E-state index in [0.29, 0.717) is 17.5 Å². The van der Waals surface area contributed by atoms with Crippen molar-refractivity contribution in [3.8, 4) is 0 Å². The van der Waals surface area contributed by atoms with Crippen molar-refractivity contribution in [1.82, 2.24) is 9.97 Å². The Kier molecular flexibility index (Phi) is 5.02. The van der Waals surface area contributed by atoms with E-state index in [-0.39, 0.29) is 6.03 Å². The van der Waals surface area contributed by atoms with Crippen molar-refractivity contribution in [3.63, 3.8) is 0 Å². The van der Waals surface area contributed by atoms with Crippen LogP contribution in [-0.2, 0) is 0 Å². The van der Waals surface area contributed by atoms with Crippen LogP contribution in [0.4, 0.5) is 27.9 Å². The number of aromatic nitrogens is 2. The van der Waals surface area contributed by atoms with Gasteiger partial charge in [0.1, 0.15) is 5.69 Å². The van der Waals surface area contributed by atoms with E-state index < -0.39 is 0 Å². The molecular formula is C18H24N6O. The maximum Gasteiger partial charge on any atom is 0.323 e. The normalized spacial score (nSPS) is 13.6. The van der Waals surface area contributed by atoms with Gasteiger partial charge in [0.25, 0.3) is 0 Å². The van der Waals surface area contributed by atoms with Gasteiger partial charge in [-0.1, -0.05) is 18.2 Å². The van der Waals surface area contributed by atoms with Crippen LogP contribution < -0.4 is 20.4 Å². The van der Waals surface area contributed by atoms with E-state index in [0.717, 1.165) is 24.3 Å². The third-order valence-corrected chi connectivity index (χ3v) is 4.21. The Morgan fingerprint density at radius 3 is 2.48 bits per heavy atom. The van der Waals surface area contributed by atoms with Crippen LogP contribution in [0.1, 0.15) is 18.4 Å². The minimum Gasteiger partial charge on any atom is -0.361 e. The number of carbonyl (C=O) groups excluding carboxylic acids is 1. The summed E-state index contributed by atoms with van der Waals surface area (Å²) < 4.78 is 0. The molecule has 0 saturated carbocycles. The predicted molar refractivity (Wildman–Crippen MR) is 102 cm³/mol. The van der Waals surface area contributed by atoms with Gasteiger partial charge in [0.2, 0.25) is 5.95 Å². The third-order valence-electron chi connectivity index (χ3n) is 4.21. The number of benzene rings is 1. The average molecular weight is 340 g/mol. The molecule has 0 unspecified atom stereocenters. The second-order valence-electron chi connectivity index (χ2n) is 6.39. The minimum absolute atomic E-state index is 0.310. The molecule has 1 aliphatic rings. The lowest BCUT2D eigenvalue weighted by molar-refractivity contribution is 0.262. The van der Waals surface area contributed by atoms with Gasteiger partial charge < -0.3 is 20.4 Å². The highest BCUT2D eigenvalue weighted by atomic mass is 16.2. The van der Waals surface area contributed by atoms with Gasteiger partial charge in [0.05, 0.1) is 6.20 Å². The quantitative estimate of drug-likeness (QED) is 0.895. The van der Waals surface area contributed by atoms with Gasteiger partial charge in [-0.25, -0.2) is 9.78 Å². The number of para-hydroxylation sites is 1. The Bertz CT molecular complexity index is 755. The predicted octanol–water partition coefficient (Wildman–Crippen LogP) is 3.10. The summed E-state index contributed by atoms with van der Waals surface area (Å²) in [5.74, 6) is 1.41. The molecule has 1 aromatic heterocycles. The summed E-state index contributed by atoms with van der Waals surface area (Å²) >= 11 is 0. The minimum atomic E-state index is -0.310. The van der Waals surface area contributed by atoms with E-state index in [9.17, 15) is 4.79 Å². The summed E-state index contributed by atoms with van der Waals surface area (Å²) in [4.78, 5) is 25.5. The zero-order chi connectivity index (χ0) is 17.8. The van der Waals surface area contributed by atoms with Crippen molar-refractivity contribution in [2.75, 3.05) is 47.6 Å². The highest BCUT2D eigenvalue weighted by Crippen LogP contribution is 2.25. The summed E-state index contributed by atoms with van der Waals surface area (Å²) in [6.45, 7) is 3.91. The van der Waals surface area contributed by atoms with Gasteiger partial charge in [0.15, 0.2) is 5.82 Å². The van der Waals surface area contributed by atoms with Crippen molar-refractivity contribution in [1.29, 1.82) is 0 Å². The number of hydrogen-bond acceptors (Lipinski definition) is 5. The standard InChI is InChI=1S/C18H24N6O/c1-13-8-4-5-9-14(13)20-18(25)21-15-12-19-17(22-16(15)23(2)3)24-10-6-7-11-24/h4-5,8-9,12H,6-7,10-11H2,1-3H3,(H2,20,21,25). The first kappa shape index (κ1) is 17.0. The number of amides is 2. The molecule has 25 heavy (non-hydrogen) atoms. The SMILES string of the molecule is Cc1ccccc1NC(=O)Nc1cnc(N2CCCC2)nc1N(C)C. The lowest BCUT2D eigenvalue weighted by Crippen LogP contribution is -2.25. The Labute approximate surface area is 148 Å². The van der Waals surface area contributed by atoms with Gasteiger partial charge in [-0.15, -0.1) is 0 Å². The molecule has 0 atom stereocenters. The molecule has 7 heteroatoms.